The third-order valence-corrected chi connectivity index (χ3v) is 4.43. The van der Waals surface area contributed by atoms with Gasteiger partial charge in [-0.2, -0.15) is 0 Å². The van der Waals surface area contributed by atoms with Crippen molar-refractivity contribution in [2.45, 2.75) is 26.1 Å². The van der Waals surface area contributed by atoms with Gasteiger partial charge in [0.2, 0.25) is 11.5 Å². The van der Waals surface area contributed by atoms with Crippen molar-refractivity contribution in [3.8, 4) is 34.5 Å². The molecule has 7 heteroatoms. The lowest BCUT2D eigenvalue weighted by Gasteiger charge is -2.24. The molecule has 0 spiro atoms. The van der Waals surface area contributed by atoms with Crippen LogP contribution in [0.15, 0.2) is 30.3 Å². The molecular weight excluding hydrogens is 376 g/mol. The molecule has 29 heavy (non-hydrogen) atoms. The lowest BCUT2D eigenvalue weighted by Crippen LogP contribution is -2.22. The Labute approximate surface area is 171 Å². The zero-order valence-electron chi connectivity index (χ0n) is 17.6. The van der Waals surface area contributed by atoms with Crippen molar-refractivity contribution in [1.29, 1.82) is 0 Å². The summed E-state index contributed by atoms with van der Waals surface area (Å²) < 4.78 is 27.2. The zero-order chi connectivity index (χ0) is 21.6. The van der Waals surface area contributed by atoms with Crippen molar-refractivity contribution < 1.29 is 33.9 Å². The summed E-state index contributed by atoms with van der Waals surface area (Å²) in [5, 5.41) is 20.9. The fourth-order valence-electron chi connectivity index (χ4n) is 2.91. The van der Waals surface area contributed by atoms with Gasteiger partial charge in [-0.05, 0) is 49.2 Å². The van der Waals surface area contributed by atoms with Crippen LogP contribution in [0.4, 0.5) is 0 Å². The Morgan fingerprint density at radius 2 is 1.31 bits per heavy atom. The molecule has 2 atom stereocenters. The van der Waals surface area contributed by atoms with Crippen LogP contribution in [-0.4, -0.2) is 44.8 Å². The number of hydrogen-bond donors (Lipinski definition) is 2. The predicted molar refractivity (Wildman–Crippen MR) is 111 cm³/mol. The molecule has 0 heterocycles. The first-order valence-corrected chi connectivity index (χ1v) is 9.08. The molecule has 2 rings (SSSR count). The van der Waals surface area contributed by atoms with E-state index in [9.17, 15) is 10.2 Å². The van der Waals surface area contributed by atoms with Crippen molar-refractivity contribution in [2.75, 3.05) is 28.4 Å². The maximum absolute atomic E-state index is 10.8. The number of hydrogen-bond acceptors (Lipinski definition) is 7. The van der Waals surface area contributed by atoms with E-state index in [-0.39, 0.29) is 17.2 Å². The second kappa shape index (κ2) is 9.93. The van der Waals surface area contributed by atoms with E-state index in [1.165, 1.54) is 40.6 Å². The minimum absolute atomic E-state index is 0.137. The number of phenols is 1. The van der Waals surface area contributed by atoms with Gasteiger partial charge in [-0.25, -0.2) is 0 Å². The van der Waals surface area contributed by atoms with Crippen molar-refractivity contribution in [3.63, 3.8) is 0 Å². The molecule has 0 unspecified atom stereocenters. The van der Waals surface area contributed by atoms with Gasteiger partial charge in [0, 0.05) is 0 Å². The number of phenolic OH excluding ortho intramolecular Hbond substituents is 1. The number of ether oxygens (including phenoxy) is 5. The predicted octanol–water partition coefficient (Wildman–Crippen LogP) is 3.96. The summed E-state index contributed by atoms with van der Waals surface area (Å²) in [6.45, 7) is 3.64. The van der Waals surface area contributed by atoms with Crippen molar-refractivity contribution >= 4 is 6.08 Å². The van der Waals surface area contributed by atoms with Crippen LogP contribution < -0.4 is 23.7 Å². The first-order chi connectivity index (χ1) is 13.9. The minimum Gasteiger partial charge on any atom is -0.502 e. The molecule has 0 aliphatic carbocycles. The maximum atomic E-state index is 10.8. The summed E-state index contributed by atoms with van der Waals surface area (Å²) in [6.07, 6.45) is 2.11. The molecule has 7 nitrogen and oxygen atoms in total. The average Bonchev–Trinajstić information content (AvgIpc) is 2.74. The van der Waals surface area contributed by atoms with Gasteiger partial charge in [0.1, 0.15) is 12.2 Å². The van der Waals surface area contributed by atoms with E-state index in [1.54, 1.807) is 6.92 Å². The van der Waals surface area contributed by atoms with E-state index >= 15 is 0 Å². The summed E-state index contributed by atoms with van der Waals surface area (Å²) >= 11 is 0. The molecule has 0 amide bonds. The number of allylic oxidation sites excluding steroid dienone is 1. The third kappa shape index (κ3) is 4.86. The van der Waals surface area contributed by atoms with E-state index in [4.69, 9.17) is 23.7 Å². The smallest absolute Gasteiger partial charge is 0.203 e. The minimum atomic E-state index is -1.04. The number of benzene rings is 2. The first kappa shape index (κ1) is 22.2. The third-order valence-electron chi connectivity index (χ3n) is 4.43. The Morgan fingerprint density at radius 1 is 0.828 bits per heavy atom. The lowest BCUT2D eigenvalue weighted by molar-refractivity contribution is 0.0431. The molecule has 2 aromatic carbocycles. The topological polar surface area (TPSA) is 86.6 Å². The number of aliphatic hydroxyl groups excluding tert-OH is 1. The molecule has 0 radical (unpaired) electrons. The van der Waals surface area contributed by atoms with Gasteiger partial charge in [0.05, 0.1) is 28.4 Å². The van der Waals surface area contributed by atoms with Crippen LogP contribution in [0.25, 0.3) is 6.08 Å². The number of rotatable bonds is 9. The van der Waals surface area contributed by atoms with Gasteiger partial charge in [-0.3, -0.25) is 0 Å². The molecule has 0 aliphatic rings. The first-order valence-electron chi connectivity index (χ1n) is 9.08. The van der Waals surface area contributed by atoms with Crippen LogP contribution in [0.1, 0.15) is 31.1 Å². The zero-order valence-corrected chi connectivity index (χ0v) is 17.6. The molecular formula is C22H28O7. The average molecular weight is 404 g/mol. The van der Waals surface area contributed by atoms with E-state index in [2.05, 4.69) is 0 Å². The van der Waals surface area contributed by atoms with Crippen LogP contribution >= 0.6 is 0 Å². The summed E-state index contributed by atoms with van der Waals surface area (Å²) in [5.41, 5.74) is 1.36. The van der Waals surface area contributed by atoms with Gasteiger partial charge >= 0.3 is 0 Å². The van der Waals surface area contributed by atoms with Crippen molar-refractivity contribution in [2.24, 2.45) is 0 Å². The van der Waals surface area contributed by atoms with Crippen molar-refractivity contribution in [3.05, 3.63) is 41.5 Å². The van der Waals surface area contributed by atoms with E-state index in [0.717, 1.165) is 5.56 Å². The van der Waals surface area contributed by atoms with Crippen LogP contribution in [0.5, 0.6) is 34.5 Å². The molecule has 2 aromatic rings. The molecule has 0 aromatic heterocycles. The normalized spacial score (nSPS) is 13.1. The Hall–Kier alpha value is -3.06. The van der Waals surface area contributed by atoms with Gasteiger partial charge < -0.3 is 33.9 Å². The van der Waals surface area contributed by atoms with Crippen LogP contribution in [0, 0.1) is 0 Å². The second-order valence-corrected chi connectivity index (χ2v) is 6.30. The van der Waals surface area contributed by atoms with Gasteiger partial charge in [0.25, 0.3) is 0 Å². The highest BCUT2D eigenvalue weighted by atomic mass is 16.5. The summed E-state index contributed by atoms with van der Waals surface area (Å²) in [5.74, 6) is 1.60. The van der Waals surface area contributed by atoms with Crippen LogP contribution in [0.2, 0.25) is 0 Å². The lowest BCUT2D eigenvalue weighted by atomic mass is 10.0. The molecule has 158 valence electrons. The highest BCUT2D eigenvalue weighted by Crippen LogP contribution is 2.42. The van der Waals surface area contributed by atoms with E-state index < -0.39 is 12.2 Å². The molecule has 2 N–H and O–H groups in total. The quantitative estimate of drug-likeness (QED) is 0.654. The Morgan fingerprint density at radius 3 is 1.72 bits per heavy atom. The van der Waals surface area contributed by atoms with Crippen molar-refractivity contribution in [1.82, 2.24) is 0 Å². The Bertz CT molecular complexity index is 810. The number of aliphatic hydroxyl groups is 1. The fraction of sp³-hybridized carbons (Fsp3) is 0.364. The molecule has 0 aliphatic heterocycles. The standard InChI is InChI=1S/C22H28O7/c1-7-8-14-9-18(27-5)22(19(10-14)28-6)29-13(2)20(23)15-11-16(25-3)21(24)17(12-15)26-4/h7-13,20,23-24H,1-6H3/b8-7-/t13-,20-/m1/s1. The number of aromatic hydroxyl groups is 1. The molecule has 0 saturated heterocycles. The van der Waals surface area contributed by atoms with Crippen LogP contribution in [0.3, 0.4) is 0 Å². The molecule has 0 fully saturated rings. The summed E-state index contributed by atoms with van der Waals surface area (Å²) in [4.78, 5) is 0. The summed E-state index contributed by atoms with van der Waals surface area (Å²) in [7, 11) is 5.93. The number of methoxy groups -OCH3 is 4. The molecule has 0 bridgehead atoms. The monoisotopic (exact) mass is 404 g/mol. The second-order valence-electron chi connectivity index (χ2n) is 6.30. The van der Waals surface area contributed by atoms with E-state index in [1.807, 2.05) is 31.2 Å². The summed E-state index contributed by atoms with van der Waals surface area (Å²) in [6, 6.07) is 6.71. The van der Waals surface area contributed by atoms with Crippen LogP contribution in [-0.2, 0) is 0 Å². The van der Waals surface area contributed by atoms with Gasteiger partial charge in [0.15, 0.2) is 23.0 Å². The van der Waals surface area contributed by atoms with Gasteiger partial charge in [-0.15, -0.1) is 0 Å². The highest BCUT2D eigenvalue weighted by molar-refractivity contribution is 5.62. The molecule has 0 saturated carbocycles. The SMILES string of the molecule is C/C=C\c1cc(OC)c(O[C@H](C)[C@@H](O)c2cc(OC)c(O)c(OC)c2)c(OC)c1. The largest absolute Gasteiger partial charge is 0.502 e. The Balaban J connectivity index is 2.38. The highest BCUT2D eigenvalue weighted by Gasteiger charge is 2.25. The maximum Gasteiger partial charge on any atom is 0.203 e. The van der Waals surface area contributed by atoms with E-state index in [0.29, 0.717) is 22.8 Å². The fourth-order valence-corrected chi connectivity index (χ4v) is 2.91. The van der Waals surface area contributed by atoms with Gasteiger partial charge in [-0.1, -0.05) is 12.2 Å². The Kier molecular flexibility index (Phi) is 7.61.